The molecule has 1 unspecified atom stereocenters. The van der Waals surface area contributed by atoms with Crippen LogP contribution in [0.1, 0.15) is 19.4 Å². The van der Waals surface area contributed by atoms with Gasteiger partial charge in [-0.25, -0.2) is 0 Å². The Morgan fingerprint density at radius 2 is 2.36 bits per heavy atom. The Morgan fingerprint density at radius 3 is 2.86 bits per heavy atom. The molecule has 1 aromatic rings. The van der Waals surface area contributed by atoms with Gasteiger partial charge in [0.05, 0.1) is 12.1 Å². The molecule has 0 bridgehead atoms. The molecule has 14 heavy (non-hydrogen) atoms. The van der Waals surface area contributed by atoms with E-state index in [1.807, 2.05) is 32.2 Å². The number of nitrogens with one attached hydrogen (secondary N) is 1. The average molecular weight is 189 g/mol. The molecule has 1 atom stereocenters. The first kappa shape index (κ1) is 10.7. The molecule has 3 heteroatoms. The predicted octanol–water partition coefficient (Wildman–Crippen LogP) is 1.72. The van der Waals surface area contributed by atoms with E-state index in [-0.39, 0.29) is 6.04 Å². The summed E-state index contributed by atoms with van der Waals surface area (Å²) in [5.41, 5.74) is 1.11. The second-order valence-corrected chi connectivity index (χ2v) is 3.59. The Bertz CT molecular complexity index is 300. The highest BCUT2D eigenvalue weighted by atomic mass is 14.9. The van der Waals surface area contributed by atoms with Gasteiger partial charge >= 0.3 is 0 Å². The summed E-state index contributed by atoms with van der Waals surface area (Å²) < 4.78 is 0. The monoisotopic (exact) mass is 189 g/mol. The summed E-state index contributed by atoms with van der Waals surface area (Å²) in [6.45, 7) is 4.76. The molecule has 0 fully saturated rings. The lowest BCUT2D eigenvalue weighted by Gasteiger charge is -2.14. The standard InChI is InChI=1S/C11H15N3/c1-9(2)11(6-12)14-8-10-4-3-5-13-7-10/h3-5,7,9,11,14H,8H2,1-2H3. The van der Waals surface area contributed by atoms with Crippen LogP contribution < -0.4 is 5.32 Å². The molecule has 0 aliphatic carbocycles. The van der Waals surface area contributed by atoms with Gasteiger partial charge in [-0.2, -0.15) is 5.26 Å². The summed E-state index contributed by atoms with van der Waals surface area (Å²) in [6, 6.07) is 6.04. The second kappa shape index (κ2) is 5.36. The van der Waals surface area contributed by atoms with Gasteiger partial charge in [-0.3, -0.25) is 10.3 Å². The van der Waals surface area contributed by atoms with Crippen molar-refractivity contribution in [1.29, 1.82) is 5.26 Å². The van der Waals surface area contributed by atoms with Crippen LogP contribution in [0.25, 0.3) is 0 Å². The minimum Gasteiger partial charge on any atom is -0.298 e. The van der Waals surface area contributed by atoms with E-state index in [1.165, 1.54) is 0 Å². The molecule has 0 amide bonds. The zero-order chi connectivity index (χ0) is 10.4. The van der Waals surface area contributed by atoms with Crippen molar-refractivity contribution in [3.05, 3.63) is 30.1 Å². The van der Waals surface area contributed by atoms with Crippen molar-refractivity contribution in [2.24, 2.45) is 5.92 Å². The Hall–Kier alpha value is -1.40. The second-order valence-electron chi connectivity index (χ2n) is 3.59. The van der Waals surface area contributed by atoms with E-state index in [9.17, 15) is 0 Å². The third-order valence-corrected chi connectivity index (χ3v) is 2.05. The number of nitriles is 1. The molecule has 0 saturated carbocycles. The summed E-state index contributed by atoms with van der Waals surface area (Å²) >= 11 is 0. The number of pyridine rings is 1. The lowest BCUT2D eigenvalue weighted by atomic mass is 10.1. The van der Waals surface area contributed by atoms with Crippen molar-refractivity contribution in [1.82, 2.24) is 10.3 Å². The van der Waals surface area contributed by atoms with Crippen molar-refractivity contribution in [2.45, 2.75) is 26.4 Å². The van der Waals surface area contributed by atoms with Gasteiger partial charge in [-0.1, -0.05) is 19.9 Å². The van der Waals surface area contributed by atoms with E-state index in [4.69, 9.17) is 5.26 Å². The van der Waals surface area contributed by atoms with Gasteiger partial charge in [0.2, 0.25) is 0 Å². The van der Waals surface area contributed by atoms with E-state index in [0.29, 0.717) is 12.5 Å². The van der Waals surface area contributed by atoms with Crippen molar-refractivity contribution >= 4 is 0 Å². The molecule has 74 valence electrons. The minimum atomic E-state index is -0.0878. The smallest absolute Gasteiger partial charge is 0.0978 e. The van der Waals surface area contributed by atoms with E-state index in [1.54, 1.807) is 6.20 Å². The maximum Gasteiger partial charge on any atom is 0.0978 e. The Kier molecular flexibility index (Phi) is 4.09. The van der Waals surface area contributed by atoms with Crippen LogP contribution in [0, 0.1) is 17.2 Å². The van der Waals surface area contributed by atoms with E-state index >= 15 is 0 Å². The molecule has 3 nitrogen and oxygen atoms in total. The normalized spacial score (nSPS) is 12.4. The van der Waals surface area contributed by atoms with E-state index < -0.39 is 0 Å². The zero-order valence-corrected chi connectivity index (χ0v) is 8.57. The molecule has 1 N–H and O–H groups in total. The fourth-order valence-corrected chi connectivity index (χ4v) is 1.16. The van der Waals surface area contributed by atoms with E-state index in [0.717, 1.165) is 5.56 Å². The summed E-state index contributed by atoms with van der Waals surface area (Å²) in [4.78, 5) is 4.01. The van der Waals surface area contributed by atoms with Gasteiger partial charge in [-0.15, -0.1) is 0 Å². The van der Waals surface area contributed by atoms with Crippen LogP contribution in [0.15, 0.2) is 24.5 Å². The van der Waals surface area contributed by atoms with Crippen molar-refractivity contribution in [3.8, 4) is 6.07 Å². The van der Waals surface area contributed by atoms with Gasteiger partial charge in [0.1, 0.15) is 0 Å². The van der Waals surface area contributed by atoms with Crippen molar-refractivity contribution in [3.63, 3.8) is 0 Å². The summed E-state index contributed by atoms with van der Waals surface area (Å²) in [5.74, 6) is 0.330. The molecule has 1 rings (SSSR count). The maximum atomic E-state index is 8.85. The highest BCUT2D eigenvalue weighted by Gasteiger charge is 2.10. The largest absolute Gasteiger partial charge is 0.298 e. The van der Waals surface area contributed by atoms with Crippen LogP contribution in [0.5, 0.6) is 0 Å². The quantitative estimate of drug-likeness (QED) is 0.784. The van der Waals surface area contributed by atoms with Crippen LogP contribution in [0.4, 0.5) is 0 Å². The van der Waals surface area contributed by atoms with E-state index in [2.05, 4.69) is 16.4 Å². The number of hydrogen-bond donors (Lipinski definition) is 1. The van der Waals surface area contributed by atoms with Gasteiger partial charge in [-0.05, 0) is 17.5 Å². The number of hydrogen-bond acceptors (Lipinski definition) is 3. The number of rotatable bonds is 4. The SMILES string of the molecule is CC(C)C(C#N)NCc1cccnc1. The lowest BCUT2D eigenvalue weighted by Crippen LogP contribution is -2.31. The topological polar surface area (TPSA) is 48.7 Å². The molecule has 1 heterocycles. The Labute approximate surface area is 84.8 Å². The Morgan fingerprint density at radius 1 is 1.57 bits per heavy atom. The van der Waals surface area contributed by atoms with Gasteiger partial charge in [0.25, 0.3) is 0 Å². The predicted molar refractivity (Wildman–Crippen MR) is 55.3 cm³/mol. The molecule has 0 saturated heterocycles. The first-order valence-corrected chi connectivity index (χ1v) is 4.76. The molecule has 0 radical (unpaired) electrons. The maximum absolute atomic E-state index is 8.85. The highest BCUT2D eigenvalue weighted by molar-refractivity contribution is 5.08. The summed E-state index contributed by atoms with van der Waals surface area (Å²) in [6.07, 6.45) is 3.55. The molecular weight excluding hydrogens is 174 g/mol. The zero-order valence-electron chi connectivity index (χ0n) is 8.57. The third kappa shape index (κ3) is 3.15. The van der Waals surface area contributed by atoms with Crippen molar-refractivity contribution < 1.29 is 0 Å². The number of nitrogens with zero attached hydrogens (tertiary/aromatic N) is 2. The molecule has 0 aliphatic rings. The Balaban J connectivity index is 2.45. The van der Waals surface area contributed by atoms with Crippen LogP contribution in [0.2, 0.25) is 0 Å². The molecule has 0 spiro atoms. The number of aromatic nitrogens is 1. The van der Waals surface area contributed by atoms with Gasteiger partial charge in [0, 0.05) is 18.9 Å². The minimum absolute atomic E-state index is 0.0878. The fourth-order valence-electron chi connectivity index (χ4n) is 1.16. The summed E-state index contributed by atoms with van der Waals surface area (Å²) in [5, 5.41) is 12.0. The van der Waals surface area contributed by atoms with Gasteiger partial charge < -0.3 is 0 Å². The molecule has 1 aromatic heterocycles. The van der Waals surface area contributed by atoms with Crippen LogP contribution in [0.3, 0.4) is 0 Å². The fraction of sp³-hybridized carbons (Fsp3) is 0.455. The molecular formula is C11H15N3. The first-order chi connectivity index (χ1) is 6.74. The van der Waals surface area contributed by atoms with Crippen LogP contribution >= 0.6 is 0 Å². The highest BCUT2D eigenvalue weighted by Crippen LogP contribution is 2.02. The first-order valence-electron chi connectivity index (χ1n) is 4.76. The van der Waals surface area contributed by atoms with Gasteiger partial charge in [0.15, 0.2) is 0 Å². The molecule has 0 aromatic carbocycles. The lowest BCUT2D eigenvalue weighted by molar-refractivity contribution is 0.471. The van der Waals surface area contributed by atoms with Crippen LogP contribution in [-0.2, 0) is 6.54 Å². The average Bonchev–Trinajstić information content (AvgIpc) is 2.20. The van der Waals surface area contributed by atoms with Crippen molar-refractivity contribution in [2.75, 3.05) is 0 Å². The van der Waals surface area contributed by atoms with Crippen LogP contribution in [-0.4, -0.2) is 11.0 Å². The summed E-state index contributed by atoms with van der Waals surface area (Å²) in [7, 11) is 0. The molecule has 0 aliphatic heterocycles. The third-order valence-electron chi connectivity index (χ3n) is 2.05.